The standard InChI is InChI=1S/C13H22N2/c1-4-8-14-11(3)9-13-7-6-12(5-2)10-15-13/h6-7,10-11,14H,4-5,8-9H2,1-3H3. The van der Waals surface area contributed by atoms with Gasteiger partial charge in [-0.1, -0.05) is 19.9 Å². The predicted octanol–water partition coefficient (Wildman–Crippen LogP) is 2.57. The molecule has 2 heteroatoms. The maximum Gasteiger partial charge on any atom is 0.0419 e. The number of aryl methyl sites for hydroxylation is 1. The van der Waals surface area contributed by atoms with Crippen molar-refractivity contribution in [2.24, 2.45) is 0 Å². The molecule has 1 aromatic rings. The van der Waals surface area contributed by atoms with Crippen LogP contribution in [0.3, 0.4) is 0 Å². The summed E-state index contributed by atoms with van der Waals surface area (Å²) in [4.78, 5) is 4.46. The van der Waals surface area contributed by atoms with Gasteiger partial charge in [0.25, 0.3) is 0 Å². The lowest BCUT2D eigenvalue weighted by Crippen LogP contribution is -2.28. The molecule has 2 nitrogen and oxygen atoms in total. The molecule has 1 N–H and O–H groups in total. The van der Waals surface area contributed by atoms with Gasteiger partial charge >= 0.3 is 0 Å². The molecule has 0 bridgehead atoms. The molecule has 0 radical (unpaired) electrons. The lowest BCUT2D eigenvalue weighted by Gasteiger charge is -2.12. The Bertz CT molecular complexity index is 266. The number of pyridine rings is 1. The summed E-state index contributed by atoms with van der Waals surface area (Å²) in [5, 5.41) is 3.47. The minimum atomic E-state index is 0.518. The number of hydrogen-bond donors (Lipinski definition) is 1. The Kier molecular flexibility index (Phi) is 5.33. The molecule has 84 valence electrons. The van der Waals surface area contributed by atoms with Crippen molar-refractivity contribution in [2.75, 3.05) is 6.54 Å². The minimum Gasteiger partial charge on any atom is -0.314 e. The van der Waals surface area contributed by atoms with E-state index in [0.717, 1.165) is 19.4 Å². The van der Waals surface area contributed by atoms with Gasteiger partial charge in [-0.2, -0.15) is 0 Å². The highest BCUT2D eigenvalue weighted by Crippen LogP contribution is 2.03. The first-order chi connectivity index (χ1) is 7.26. The molecule has 0 aromatic carbocycles. The molecule has 0 saturated carbocycles. The summed E-state index contributed by atoms with van der Waals surface area (Å²) >= 11 is 0. The van der Waals surface area contributed by atoms with Crippen LogP contribution >= 0.6 is 0 Å². The topological polar surface area (TPSA) is 24.9 Å². The Labute approximate surface area is 93.1 Å². The van der Waals surface area contributed by atoms with Crippen molar-refractivity contribution >= 4 is 0 Å². The van der Waals surface area contributed by atoms with E-state index in [9.17, 15) is 0 Å². The van der Waals surface area contributed by atoms with Crippen molar-refractivity contribution in [3.05, 3.63) is 29.6 Å². The van der Waals surface area contributed by atoms with Crippen molar-refractivity contribution in [1.82, 2.24) is 10.3 Å². The summed E-state index contributed by atoms with van der Waals surface area (Å²) in [6, 6.07) is 4.84. The number of nitrogens with zero attached hydrogens (tertiary/aromatic N) is 1. The third-order valence-corrected chi connectivity index (χ3v) is 2.55. The van der Waals surface area contributed by atoms with Crippen LogP contribution in [0.4, 0.5) is 0 Å². The van der Waals surface area contributed by atoms with Gasteiger partial charge in [-0.15, -0.1) is 0 Å². The number of hydrogen-bond acceptors (Lipinski definition) is 2. The number of rotatable bonds is 6. The highest BCUT2D eigenvalue weighted by Gasteiger charge is 2.02. The van der Waals surface area contributed by atoms with Crippen LogP contribution in [0.1, 0.15) is 38.4 Å². The highest BCUT2D eigenvalue weighted by molar-refractivity contribution is 5.14. The van der Waals surface area contributed by atoms with E-state index in [2.05, 4.69) is 43.2 Å². The quantitative estimate of drug-likeness (QED) is 0.774. The summed E-state index contributed by atoms with van der Waals surface area (Å²) in [5.41, 5.74) is 2.50. The van der Waals surface area contributed by atoms with Crippen LogP contribution in [0, 0.1) is 0 Å². The molecule has 1 heterocycles. The molecular formula is C13H22N2. The van der Waals surface area contributed by atoms with Gasteiger partial charge < -0.3 is 5.32 Å². The van der Waals surface area contributed by atoms with Crippen LogP contribution in [-0.4, -0.2) is 17.6 Å². The second-order valence-corrected chi connectivity index (χ2v) is 4.07. The zero-order chi connectivity index (χ0) is 11.1. The maximum absolute atomic E-state index is 4.46. The number of aromatic nitrogens is 1. The molecular weight excluding hydrogens is 184 g/mol. The van der Waals surface area contributed by atoms with E-state index in [-0.39, 0.29) is 0 Å². The molecule has 0 saturated heterocycles. The van der Waals surface area contributed by atoms with Crippen molar-refractivity contribution in [1.29, 1.82) is 0 Å². The van der Waals surface area contributed by atoms with Crippen LogP contribution in [0.5, 0.6) is 0 Å². The molecule has 15 heavy (non-hydrogen) atoms. The van der Waals surface area contributed by atoms with Crippen molar-refractivity contribution in [3.63, 3.8) is 0 Å². The molecule has 0 amide bonds. The van der Waals surface area contributed by atoms with Gasteiger partial charge in [0, 0.05) is 24.4 Å². The van der Waals surface area contributed by atoms with E-state index in [4.69, 9.17) is 0 Å². The average Bonchev–Trinajstić information content (AvgIpc) is 2.27. The van der Waals surface area contributed by atoms with E-state index in [1.165, 1.54) is 17.7 Å². The second kappa shape index (κ2) is 6.57. The summed E-state index contributed by atoms with van der Waals surface area (Å²) in [5.74, 6) is 0. The molecule has 1 aromatic heterocycles. The maximum atomic E-state index is 4.46. The van der Waals surface area contributed by atoms with E-state index < -0.39 is 0 Å². The van der Waals surface area contributed by atoms with E-state index in [0.29, 0.717) is 6.04 Å². The minimum absolute atomic E-state index is 0.518. The van der Waals surface area contributed by atoms with Crippen LogP contribution in [0.25, 0.3) is 0 Å². The fourth-order valence-corrected chi connectivity index (χ4v) is 1.56. The average molecular weight is 206 g/mol. The monoisotopic (exact) mass is 206 g/mol. The fourth-order valence-electron chi connectivity index (χ4n) is 1.56. The van der Waals surface area contributed by atoms with Crippen LogP contribution in [-0.2, 0) is 12.8 Å². The van der Waals surface area contributed by atoms with Gasteiger partial charge in [0.05, 0.1) is 0 Å². The lowest BCUT2D eigenvalue weighted by molar-refractivity contribution is 0.538. The molecule has 0 aliphatic rings. The molecule has 1 atom stereocenters. The van der Waals surface area contributed by atoms with Crippen LogP contribution < -0.4 is 5.32 Å². The second-order valence-electron chi connectivity index (χ2n) is 4.07. The van der Waals surface area contributed by atoms with Gasteiger partial charge in [0.15, 0.2) is 0 Å². The smallest absolute Gasteiger partial charge is 0.0419 e. The van der Waals surface area contributed by atoms with Gasteiger partial charge in [0.2, 0.25) is 0 Å². The summed E-state index contributed by atoms with van der Waals surface area (Å²) < 4.78 is 0. The van der Waals surface area contributed by atoms with E-state index in [1.807, 2.05) is 6.20 Å². The Morgan fingerprint density at radius 2 is 2.13 bits per heavy atom. The SMILES string of the molecule is CCCNC(C)Cc1ccc(CC)cn1. The summed E-state index contributed by atoms with van der Waals surface area (Å²) in [6.45, 7) is 7.65. The van der Waals surface area contributed by atoms with E-state index in [1.54, 1.807) is 0 Å². The van der Waals surface area contributed by atoms with Crippen molar-refractivity contribution in [3.8, 4) is 0 Å². The Balaban J connectivity index is 2.42. The third-order valence-electron chi connectivity index (χ3n) is 2.55. The first-order valence-corrected chi connectivity index (χ1v) is 5.93. The molecule has 0 aliphatic carbocycles. The lowest BCUT2D eigenvalue weighted by atomic mass is 10.1. The number of nitrogens with one attached hydrogen (secondary N) is 1. The molecule has 0 aliphatic heterocycles. The predicted molar refractivity (Wildman–Crippen MR) is 65.1 cm³/mol. The Morgan fingerprint density at radius 3 is 2.67 bits per heavy atom. The highest BCUT2D eigenvalue weighted by atomic mass is 14.9. The van der Waals surface area contributed by atoms with Gasteiger partial charge in [-0.3, -0.25) is 4.98 Å². The molecule has 0 fully saturated rings. The van der Waals surface area contributed by atoms with Crippen LogP contribution in [0.2, 0.25) is 0 Å². The van der Waals surface area contributed by atoms with Gasteiger partial charge in [0.1, 0.15) is 0 Å². The largest absolute Gasteiger partial charge is 0.314 e. The third kappa shape index (κ3) is 4.43. The Hall–Kier alpha value is -0.890. The normalized spacial score (nSPS) is 12.7. The first kappa shape index (κ1) is 12.2. The first-order valence-electron chi connectivity index (χ1n) is 5.93. The molecule has 1 unspecified atom stereocenters. The van der Waals surface area contributed by atoms with Crippen LogP contribution in [0.15, 0.2) is 18.3 Å². The van der Waals surface area contributed by atoms with Crippen molar-refractivity contribution in [2.45, 2.75) is 46.1 Å². The zero-order valence-corrected chi connectivity index (χ0v) is 10.1. The summed E-state index contributed by atoms with van der Waals surface area (Å²) in [7, 11) is 0. The van der Waals surface area contributed by atoms with Crippen molar-refractivity contribution < 1.29 is 0 Å². The summed E-state index contributed by atoms with van der Waals surface area (Å²) in [6.07, 6.45) is 5.26. The fraction of sp³-hybridized carbons (Fsp3) is 0.615. The molecule has 1 rings (SSSR count). The van der Waals surface area contributed by atoms with Gasteiger partial charge in [-0.05, 0) is 37.9 Å². The van der Waals surface area contributed by atoms with E-state index >= 15 is 0 Å². The zero-order valence-electron chi connectivity index (χ0n) is 10.1. The molecule has 0 spiro atoms. The Morgan fingerprint density at radius 1 is 1.33 bits per heavy atom. The van der Waals surface area contributed by atoms with Gasteiger partial charge in [-0.25, -0.2) is 0 Å².